The summed E-state index contributed by atoms with van der Waals surface area (Å²) in [6.45, 7) is 7.54. The number of amides is 2. The summed E-state index contributed by atoms with van der Waals surface area (Å²) in [5.74, 6) is -0.527. The fourth-order valence-corrected chi connectivity index (χ4v) is 4.00. The lowest BCUT2D eigenvalue weighted by Crippen LogP contribution is -2.53. The normalized spacial score (nSPS) is 15.5. The number of fused-ring (bicyclic) bond motifs is 1. The molecular weight excluding hydrogens is 413 g/mol. The van der Waals surface area contributed by atoms with Gasteiger partial charge in [0.2, 0.25) is 5.91 Å². The van der Waals surface area contributed by atoms with Crippen molar-refractivity contribution in [2.24, 2.45) is 5.41 Å². The number of rotatable bonds is 5. The molecule has 0 spiro atoms. The maximum Gasteiger partial charge on any atom is 0.272 e. The summed E-state index contributed by atoms with van der Waals surface area (Å²) in [5, 5.41) is 5.45. The molecule has 1 atom stereocenters. The second kappa shape index (κ2) is 9.28. The van der Waals surface area contributed by atoms with E-state index in [1.54, 1.807) is 12.1 Å². The predicted octanol–water partition coefficient (Wildman–Crippen LogP) is 2.42. The molecule has 0 unspecified atom stereocenters. The highest BCUT2D eigenvalue weighted by Crippen LogP contribution is 2.34. The van der Waals surface area contributed by atoms with E-state index >= 15 is 0 Å². The highest BCUT2D eigenvalue weighted by molar-refractivity contribution is 5.98. The number of ether oxygens (including phenoxy) is 1. The minimum Gasteiger partial charge on any atom is -0.496 e. The fraction of sp³-hybridized carbons (Fsp3) is 0.522. The molecule has 2 heterocycles. The van der Waals surface area contributed by atoms with Gasteiger partial charge in [-0.05, 0) is 37.6 Å². The summed E-state index contributed by atoms with van der Waals surface area (Å²) in [7, 11) is 4.98. The van der Waals surface area contributed by atoms with Crippen LogP contribution in [-0.4, -0.2) is 60.1 Å². The summed E-state index contributed by atoms with van der Waals surface area (Å²) in [5.41, 5.74) is 0.587. The molecule has 0 radical (unpaired) electrons. The summed E-state index contributed by atoms with van der Waals surface area (Å²) < 4.78 is 22.2. The van der Waals surface area contributed by atoms with Crippen molar-refractivity contribution < 1.29 is 18.7 Å². The van der Waals surface area contributed by atoms with Crippen LogP contribution in [0.3, 0.4) is 0 Å². The Labute approximate surface area is 188 Å². The van der Waals surface area contributed by atoms with Gasteiger partial charge in [-0.15, -0.1) is 0 Å². The molecular formula is C23H32FN5O3. The third kappa shape index (κ3) is 4.62. The number of nitrogens with zero attached hydrogens (tertiary/aromatic N) is 3. The van der Waals surface area contributed by atoms with Crippen LogP contribution in [0.25, 0.3) is 11.4 Å². The molecule has 1 aliphatic heterocycles. The number of halogens is 1. The molecule has 2 aromatic rings. The van der Waals surface area contributed by atoms with Gasteiger partial charge in [-0.1, -0.05) is 26.8 Å². The van der Waals surface area contributed by atoms with E-state index in [9.17, 15) is 14.0 Å². The smallest absolute Gasteiger partial charge is 0.272 e. The van der Waals surface area contributed by atoms with Gasteiger partial charge in [-0.3, -0.25) is 9.59 Å². The van der Waals surface area contributed by atoms with Crippen LogP contribution in [0.4, 0.5) is 4.39 Å². The number of hydrogen-bond donors (Lipinski definition) is 2. The molecule has 8 nitrogen and oxygen atoms in total. The molecule has 1 aliphatic rings. The van der Waals surface area contributed by atoms with E-state index in [1.165, 1.54) is 20.2 Å². The lowest BCUT2D eigenvalue weighted by atomic mass is 9.86. The molecule has 0 saturated heterocycles. The number of hydrogen-bond acceptors (Lipinski definition) is 5. The first-order valence-corrected chi connectivity index (χ1v) is 10.7. The van der Waals surface area contributed by atoms with E-state index in [0.29, 0.717) is 30.4 Å². The van der Waals surface area contributed by atoms with Crippen molar-refractivity contribution in [1.29, 1.82) is 0 Å². The number of carbonyl (C=O) groups excluding carboxylic acids is 2. The van der Waals surface area contributed by atoms with Gasteiger partial charge >= 0.3 is 0 Å². The Hall–Kier alpha value is -2.94. The van der Waals surface area contributed by atoms with Crippen LogP contribution >= 0.6 is 0 Å². The molecule has 9 heteroatoms. The van der Waals surface area contributed by atoms with Crippen LogP contribution in [-0.2, 0) is 17.9 Å². The Morgan fingerprint density at radius 3 is 2.59 bits per heavy atom. The monoisotopic (exact) mass is 445 g/mol. The van der Waals surface area contributed by atoms with Crippen molar-refractivity contribution in [1.82, 2.24) is 25.1 Å². The number of carbonyl (C=O) groups is 2. The zero-order chi connectivity index (χ0) is 23.6. The topological polar surface area (TPSA) is 88.5 Å². The summed E-state index contributed by atoms with van der Waals surface area (Å²) in [6.07, 6.45) is 0.827. The first-order chi connectivity index (χ1) is 15.1. The van der Waals surface area contributed by atoms with Gasteiger partial charge in [0.25, 0.3) is 5.91 Å². The quantitative estimate of drug-likeness (QED) is 0.738. The van der Waals surface area contributed by atoms with Crippen LogP contribution < -0.4 is 15.4 Å². The zero-order valence-electron chi connectivity index (χ0n) is 19.6. The molecule has 0 aliphatic carbocycles. The van der Waals surface area contributed by atoms with Gasteiger partial charge in [0.1, 0.15) is 23.4 Å². The minimum atomic E-state index is -0.757. The summed E-state index contributed by atoms with van der Waals surface area (Å²) >= 11 is 0. The molecule has 2 N–H and O–H groups in total. The van der Waals surface area contributed by atoms with Crippen molar-refractivity contribution in [3.8, 4) is 17.1 Å². The first kappa shape index (κ1) is 23.7. The largest absolute Gasteiger partial charge is 0.496 e. The van der Waals surface area contributed by atoms with E-state index in [-0.39, 0.29) is 17.2 Å². The molecule has 1 aromatic heterocycles. The molecule has 32 heavy (non-hydrogen) atoms. The van der Waals surface area contributed by atoms with E-state index in [1.807, 2.05) is 32.4 Å². The zero-order valence-corrected chi connectivity index (χ0v) is 19.6. The number of aromatic nitrogens is 2. The lowest BCUT2D eigenvalue weighted by Gasteiger charge is -2.29. The predicted molar refractivity (Wildman–Crippen MR) is 120 cm³/mol. The Morgan fingerprint density at radius 1 is 1.25 bits per heavy atom. The Kier molecular flexibility index (Phi) is 6.88. The number of likely N-dealkylation sites (N-methyl/N-ethyl adjacent to an activating group) is 1. The van der Waals surface area contributed by atoms with Crippen molar-refractivity contribution >= 4 is 11.8 Å². The van der Waals surface area contributed by atoms with Crippen molar-refractivity contribution in [2.45, 2.75) is 46.3 Å². The average molecular weight is 446 g/mol. The van der Waals surface area contributed by atoms with E-state index < -0.39 is 23.2 Å². The molecule has 0 saturated carbocycles. The number of imidazole rings is 1. The molecule has 174 valence electrons. The lowest BCUT2D eigenvalue weighted by molar-refractivity contribution is -0.124. The average Bonchev–Trinajstić information content (AvgIpc) is 2.95. The SMILES string of the molecule is CNC(=O)[C@@H](NC(=O)c1nc(-c2c(F)cccc2OC)n2c1CN(C)CCC2)C(C)(C)C. The van der Waals surface area contributed by atoms with Crippen LogP contribution in [0.1, 0.15) is 43.4 Å². The highest BCUT2D eigenvalue weighted by atomic mass is 19.1. The third-order valence-corrected chi connectivity index (χ3v) is 5.70. The Balaban J connectivity index is 2.13. The molecule has 0 bridgehead atoms. The summed E-state index contributed by atoms with van der Waals surface area (Å²) in [6, 6.07) is 3.84. The van der Waals surface area contributed by atoms with Gasteiger partial charge in [0, 0.05) is 20.1 Å². The van der Waals surface area contributed by atoms with Crippen molar-refractivity contribution in [3.05, 3.63) is 35.4 Å². The second-order valence-electron chi connectivity index (χ2n) is 9.18. The second-order valence-corrected chi connectivity index (χ2v) is 9.18. The standard InChI is InChI=1S/C23H32FN5O3/c1-23(2,3)19(22(31)25-4)27-21(30)18-15-13-28(5)11-8-12-29(15)20(26-18)17-14(24)9-7-10-16(17)32-6/h7,9-10,19H,8,11-13H2,1-6H3,(H,25,31)(H,27,30)/t19-/m1/s1. The van der Waals surface area contributed by atoms with E-state index in [2.05, 4.69) is 20.5 Å². The first-order valence-electron chi connectivity index (χ1n) is 10.7. The number of nitrogens with one attached hydrogen (secondary N) is 2. The molecule has 3 rings (SSSR count). The van der Waals surface area contributed by atoms with Crippen molar-refractivity contribution in [3.63, 3.8) is 0 Å². The Morgan fingerprint density at radius 2 is 1.97 bits per heavy atom. The minimum absolute atomic E-state index is 0.192. The fourth-order valence-electron chi connectivity index (χ4n) is 4.00. The van der Waals surface area contributed by atoms with Gasteiger partial charge in [-0.2, -0.15) is 0 Å². The van der Waals surface area contributed by atoms with Gasteiger partial charge in [0.05, 0.1) is 18.4 Å². The third-order valence-electron chi connectivity index (χ3n) is 5.70. The molecule has 0 fully saturated rings. The van der Waals surface area contributed by atoms with E-state index in [4.69, 9.17) is 4.74 Å². The summed E-state index contributed by atoms with van der Waals surface area (Å²) in [4.78, 5) is 32.5. The van der Waals surface area contributed by atoms with Crippen LogP contribution in [0.5, 0.6) is 5.75 Å². The van der Waals surface area contributed by atoms with Crippen LogP contribution in [0.15, 0.2) is 18.2 Å². The van der Waals surface area contributed by atoms with Crippen molar-refractivity contribution in [2.75, 3.05) is 27.7 Å². The maximum absolute atomic E-state index is 14.9. The van der Waals surface area contributed by atoms with Gasteiger partial charge < -0.3 is 24.8 Å². The number of methoxy groups -OCH3 is 1. The Bertz CT molecular complexity index is 1010. The van der Waals surface area contributed by atoms with Crippen LogP contribution in [0, 0.1) is 11.2 Å². The molecule has 2 amide bonds. The van der Waals surface area contributed by atoms with E-state index in [0.717, 1.165) is 13.0 Å². The maximum atomic E-state index is 14.9. The highest BCUT2D eigenvalue weighted by Gasteiger charge is 2.35. The van der Waals surface area contributed by atoms with Gasteiger partial charge in [-0.25, -0.2) is 9.37 Å². The number of benzene rings is 1. The molecule has 1 aromatic carbocycles. The van der Waals surface area contributed by atoms with Gasteiger partial charge in [0.15, 0.2) is 5.69 Å². The van der Waals surface area contributed by atoms with Crippen LogP contribution in [0.2, 0.25) is 0 Å².